The Hall–Kier alpha value is -1.60. The highest BCUT2D eigenvalue weighted by Crippen LogP contribution is 2.25. The number of pyridine rings is 1. The SMILES string of the molecule is CCCN(CCC)S(=O)(=O)c1c(NC)nc2ccccn12. The Bertz CT molecular complexity index is 703. The van der Waals surface area contributed by atoms with Gasteiger partial charge in [-0.25, -0.2) is 13.4 Å². The van der Waals surface area contributed by atoms with E-state index < -0.39 is 10.0 Å². The Labute approximate surface area is 125 Å². The lowest BCUT2D eigenvalue weighted by Gasteiger charge is -2.21. The van der Waals surface area contributed by atoms with E-state index in [4.69, 9.17) is 0 Å². The summed E-state index contributed by atoms with van der Waals surface area (Å²) in [7, 11) is -1.89. The van der Waals surface area contributed by atoms with Crippen LogP contribution in [-0.2, 0) is 10.0 Å². The van der Waals surface area contributed by atoms with Crippen LogP contribution >= 0.6 is 0 Å². The summed E-state index contributed by atoms with van der Waals surface area (Å²) in [6.45, 7) is 4.98. The highest BCUT2D eigenvalue weighted by Gasteiger charge is 2.30. The van der Waals surface area contributed by atoms with E-state index in [-0.39, 0.29) is 5.03 Å². The van der Waals surface area contributed by atoms with E-state index in [0.29, 0.717) is 24.6 Å². The quantitative estimate of drug-likeness (QED) is 0.851. The zero-order chi connectivity index (χ0) is 15.5. The molecule has 0 amide bonds. The summed E-state index contributed by atoms with van der Waals surface area (Å²) in [6.07, 6.45) is 3.29. The predicted octanol–water partition coefficient (Wildman–Crippen LogP) is 2.19. The van der Waals surface area contributed by atoms with Gasteiger partial charge in [-0.3, -0.25) is 4.40 Å². The summed E-state index contributed by atoms with van der Waals surface area (Å²) in [5.74, 6) is 0.387. The molecule has 0 aliphatic carbocycles. The minimum absolute atomic E-state index is 0.211. The summed E-state index contributed by atoms with van der Waals surface area (Å²) in [4.78, 5) is 4.35. The zero-order valence-electron chi connectivity index (χ0n) is 12.7. The van der Waals surface area contributed by atoms with Gasteiger partial charge in [-0.1, -0.05) is 19.9 Å². The third-order valence-corrected chi connectivity index (χ3v) is 5.18. The highest BCUT2D eigenvalue weighted by molar-refractivity contribution is 7.89. The molecule has 0 aliphatic rings. The van der Waals surface area contributed by atoms with Crippen LogP contribution in [0.3, 0.4) is 0 Å². The van der Waals surface area contributed by atoms with E-state index in [9.17, 15) is 8.42 Å². The van der Waals surface area contributed by atoms with Crippen molar-refractivity contribution in [1.29, 1.82) is 0 Å². The fourth-order valence-electron chi connectivity index (χ4n) is 2.36. The number of hydrogen-bond donors (Lipinski definition) is 1. The standard InChI is InChI=1S/C14H22N4O2S/c1-4-9-17(10-5-2)21(19,20)14-13(15-3)16-12-8-6-7-11-18(12)14/h6-8,11,15H,4-5,9-10H2,1-3H3. The normalized spacial score (nSPS) is 12.2. The van der Waals surface area contributed by atoms with Crippen LogP contribution < -0.4 is 5.32 Å². The summed E-state index contributed by atoms with van der Waals surface area (Å²) < 4.78 is 29.1. The lowest BCUT2D eigenvalue weighted by Crippen LogP contribution is -2.33. The molecule has 0 aliphatic heterocycles. The molecule has 0 fully saturated rings. The van der Waals surface area contributed by atoms with Crippen LogP contribution in [0.25, 0.3) is 5.65 Å². The van der Waals surface area contributed by atoms with Crippen molar-refractivity contribution in [2.24, 2.45) is 0 Å². The number of rotatable bonds is 7. The van der Waals surface area contributed by atoms with Gasteiger partial charge in [0.1, 0.15) is 5.65 Å². The van der Waals surface area contributed by atoms with E-state index in [0.717, 1.165) is 12.8 Å². The zero-order valence-corrected chi connectivity index (χ0v) is 13.5. The number of fused-ring (bicyclic) bond motifs is 1. The second kappa shape index (κ2) is 6.44. The number of imidazole rings is 1. The van der Waals surface area contributed by atoms with Crippen molar-refractivity contribution in [3.63, 3.8) is 0 Å². The molecule has 0 aromatic carbocycles. The van der Waals surface area contributed by atoms with Crippen molar-refractivity contribution < 1.29 is 8.42 Å². The van der Waals surface area contributed by atoms with Gasteiger partial charge in [0.25, 0.3) is 10.0 Å². The monoisotopic (exact) mass is 310 g/mol. The van der Waals surface area contributed by atoms with E-state index in [2.05, 4.69) is 10.3 Å². The number of anilines is 1. The Morgan fingerprint density at radius 3 is 2.48 bits per heavy atom. The smallest absolute Gasteiger partial charge is 0.262 e. The Balaban J connectivity index is 2.62. The fraction of sp³-hybridized carbons (Fsp3) is 0.500. The molecule has 116 valence electrons. The number of aromatic nitrogens is 2. The van der Waals surface area contributed by atoms with Gasteiger partial charge in [0, 0.05) is 26.3 Å². The van der Waals surface area contributed by atoms with E-state index in [1.807, 2.05) is 19.9 Å². The summed E-state index contributed by atoms with van der Waals surface area (Å²) in [6, 6.07) is 5.44. The molecule has 2 rings (SSSR count). The van der Waals surface area contributed by atoms with Crippen LogP contribution in [0.4, 0.5) is 5.82 Å². The van der Waals surface area contributed by atoms with Crippen molar-refractivity contribution >= 4 is 21.5 Å². The third-order valence-electron chi connectivity index (χ3n) is 3.25. The van der Waals surface area contributed by atoms with Crippen molar-refractivity contribution in [3.8, 4) is 0 Å². The minimum atomic E-state index is -3.58. The number of hydrogen-bond acceptors (Lipinski definition) is 4. The number of sulfonamides is 1. The Morgan fingerprint density at radius 1 is 1.24 bits per heavy atom. The molecule has 0 unspecified atom stereocenters. The van der Waals surface area contributed by atoms with Gasteiger partial charge in [0.2, 0.25) is 0 Å². The number of nitrogens with one attached hydrogen (secondary N) is 1. The van der Waals surface area contributed by atoms with E-state index >= 15 is 0 Å². The molecule has 0 saturated carbocycles. The fourth-order valence-corrected chi connectivity index (χ4v) is 4.24. The van der Waals surface area contributed by atoms with Crippen molar-refractivity contribution in [1.82, 2.24) is 13.7 Å². The first kappa shape index (κ1) is 15.8. The van der Waals surface area contributed by atoms with E-state index in [1.54, 1.807) is 29.8 Å². The molecule has 0 bridgehead atoms. The van der Waals surface area contributed by atoms with Crippen LogP contribution in [0.1, 0.15) is 26.7 Å². The van der Waals surface area contributed by atoms with Gasteiger partial charge in [0.15, 0.2) is 10.8 Å². The largest absolute Gasteiger partial charge is 0.371 e. The Kier molecular flexibility index (Phi) is 4.84. The molecule has 6 nitrogen and oxygen atoms in total. The summed E-state index contributed by atoms with van der Waals surface area (Å²) in [5.41, 5.74) is 0.619. The first-order chi connectivity index (χ1) is 10.1. The molecule has 0 spiro atoms. The topological polar surface area (TPSA) is 66.7 Å². The molecule has 2 heterocycles. The molecule has 0 saturated heterocycles. The first-order valence-electron chi connectivity index (χ1n) is 7.21. The van der Waals surface area contributed by atoms with Crippen molar-refractivity contribution in [2.45, 2.75) is 31.7 Å². The summed E-state index contributed by atoms with van der Waals surface area (Å²) in [5, 5.41) is 3.10. The molecular weight excluding hydrogens is 288 g/mol. The van der Waals surface area contributed by atoms with Gasteiger partial charge in [-0.15, -0.1) is 0 Å². The molecule has 2 aromatic rings. The lowest BCUT2D eigenvalue weighted by atomic mass is 10.4. The van der Waals surface area contributed by atoms with Crippen LogP contribution in [-0.4, -0.2) is 42.2 Å². The second-order valence-corrected chi connectivity index (χ2v) is 6.70. The maximum Gasteiger partial charge on any atom is 0.262 e. The maximum atomic E-state index is 13.0. The average molecular weight is 310 g/mol. The van der Waals surface area contributed by atoms with Crippen LogP contribution in [0.5, 0.6) is 0 Å². The first-order valence-corrected chi connectivity index (χ1v) is 8.65. The number of nitrogens with zero attached hydrogens (tertiary/aromatic N) is 3. The summed E-state index contributed by atoms with van der Waals surface area (Å²) >= 11 is 0. The van der Waals surface area contributed by atoms with Crippen LogP contribution in [0, 0.1) is 0 Å². The van der Waals surface area contributed by atoms with Crippen molar-refractivity contribution in [2.75, 3.05) is 25.5 Å². The van der Waals surface area contributed by atoms with Gasteiger partial charge >= 0.3 is 0 Å². The highest BCUT2D eigenvalue weighted by atomic mass is 32.2. The molecule has 2 aromatic heterocycles. The van der Waals surface area contributed by atoms with E-state index in [1.165, 1.54) is 4.31 Å². The lowest BCUT2D eigenvalue weighted by molar-refractivity contribution is 0.408. The molecule has 0 radical (unpaired) electrons. The molecule has 21 heavy (non-hydrogen) atoms. The molecule has 7 heteroatoms. The third kappa shape index (κ3) is 2.89. The predicted molar refractivity (Wildman–Crippen MR) is 84.1 cm³/mol. The molecule has 1 N–H and O–H groups in total. The van der Waals surface area contributed by atoms with Gasteiger partial charge in [-0.05, 0) is 25.0 Å². The molecule has 0 atom stereocenters. The van der Waals surface area contributed by atoms with Crippen LogP contribution in [0.15, 0.2) is 29.4 Å². The van der Waals surface area contributed by atoms with Gasteiger partial charge in [-0.2, -0.15) is 4.31 Å². The average Bonchev–Trinajstić information content (AvgIpc) is 2.86. The van der Waals surface area contributed by atoms with Gasteiger partial charge in [0.05, 0.1) is 0 Å². The maximum absolute atomic E-state index is 13.0. The minimum Gasteiger partial charge on any atom is -0.371 e. The molecular formula is C14H22N4O2S. The van der Waals surface area contributed by atoms with Crippen LogP contribution in [0.2, 0.25) is 0 Å². The Morgan fingerprint density at radius 2 is 1.90 bits per heavy atom. The van der Waals surface area contributed by atoms with Gasteiger partial charge < -0.3 is 5.32 Å². The van der Waals surface area contributed by atoms with Crippen molar-refractivity contribution in [3.05, 3.63) is 24.4 Å². The second-order valence-electron chi connectivity index (χ2n) is 4.85.